The van der Waals surface area contributed by atoms with Gasteiger partial charge in [-0.25, -0.2) is 0 Å². The highest BCUT2D eigenvalue weighted by Crippen LogP contribution is 2.37. The molecule has 2 heterocycles. The van der Waals surface area contributed by atoms with Crippen molar-refractivity contribution < 1.29 is 4.74 Å². The predicted octanol–water partition coefficient (Wildman–Crippen LogP) is 3.23. The Bertz CT molecular complexity index is 479. The van der Waals surface area contributed by atoms with Crippen LogP contribution >= 0.6 is 23.4 Å². The van der Waals surface area contributed by atoms with Gasteiger partial charge >= 0.3 is 0 Å². The monoisotopic (exact) mass is 326 g/mol. The van der Waals surface area contributed by atoms with Crippen molar-refractivity contribution in [2.24, 2.45) is 0 Å². The molecule has 5 heteroatoms. The van der Waals surface area contributed by atoms with Gasteiger partial charge < -0.3 is 15.4 Å². The van der Waals surface area contributed by atoms with E-state index in [1.165, 1.54) is 16.2 Å². The molecule has 3 nitrogen and oxygen atoms in total. The van der Waals surface area contributed by atoms with E-state index in [-0.39, 0.29) is 0 Å². The third kappa shape index (κ3) is 4.14. The number of morpholine rings is 1. The zero-order valence-corrected chi connectivity index (χ0v) is 14.0. The van der Waals surface area contributed by atoms with Gasteiger partial charge in [0.05, 0.1) is 13.2 Å². The molecule has 1 aromatic rings. The highest BCUT2D eigenvalue weighted by molar-refractivity contribution is 7.99. The van der Waals surface area contributed by atoms with Crippen LogP contribution in [0.5, 0.6) is 0 Å². The minimum Gasteiger partial charge on any atom is -0.379 e. The van der Waals surface area contributed by atoms with Gasteiger partial charge in [-0.05, 0) is 49.3 Å². The summed E-state index contributed by atoms with van der Waals surface area (Å²) in [5.74, 6) is 1.17. The van der Waals surface area contributed by atoms with E-state index in [2.05, 4.69) is 29.7 Å². The van der Waals surface area contributed by atoms with Gasteiger partial charge in [0, 0.05) is 34.6 Å². The second kappa shape index (κ2) is 7.34. The Balaban J connectivity index is 1.61. The van der Waals surface area contributed by atoms with Gasteiger partial charge in [0.1, 0.15) is 0 Å². The molecule has 2 aliphatic rings. The van der Waals surface area contributed by atoms with E-state index < -0.39 is 0 Å². The Morgan fingerprint density at radius 1 is 1.52 bits per heavy atom. The van der Waals surface area contributed by atoms with Crippen molar-refractivity contribution in [1.29, 1.82) is 0 Å². The Morgan fingerprint density at radius 3 is 3.24 bits per heavy atom. The van der Waals surface area contributed by atoms with Gasteiger partial charge in [0.25, 0.3) is 0 Å². The third-order valence-corrected chi connectivity index (χ3v) is 5.49. The summed E-state index contributed by atoms with van der Waals surface area (Å²) in [5, 5.41) is 8.14. The summed E-state index contributed by atoms with van der Waals surface area (Å²) in [7, 11) is 0. The molecule has 116 valence electrons. The molecule has 1 aromatic carbocycles. The zero-order chi connectivity index (χ0) is 14.7. The van der Waals surface area contributed by atoms with Crippen molar-refractivity contribution >= 4 is 23.4 Å². The normalized spacial score (nSPS) is 27.1. The highest BCUT2D eigenvalue weighted by Gasteiger charge is 2.24. The molecule has 3 atom stereocenters. The Morgan fingerprint density at radius 2 is 2.43 bits per heavy atom. The van der Waals surface area contributed by atoms with Crippen LogP contribution in [-0.4, -0.2) is 37.6 Å². The molecule has 2 N–H and O–H groups in total. The maximum atomic E-state index is 6.17. The summed E-state index contributed by atoms with van der Waals surface area (Å²) in [5.41, 5.74) is 1.36. The first kappa shape index (κ1) is 15.6. The summed E-state index contributed by atoms with van der Waals surface area (Å²) >= 11 is 8.10. The van der Waals surface area contributed by atoms with Crippen LogP contribution in [0.15, 0.2) is 23.1 Å². The maximum absolute atomic E-state index is 6.17. The van der Waals surface area contributed by atoms with Crippen LogP contribution in [0, 0.1) is 0 Å². The minimum absolute atomic E-state index is 0.416. The van der Waals surface area contributed by atoms with Crippen molar-refractivity contribution in [3.63, 3.8) is 0 Å². The van der Waals surface area contributed by atoms with Crippen molar-refractivity contribution in [3.8, 4) is 0 Å². The molecule has 0 aromatic heterocycles. The largest absolute Gasteiger partial charge is 0.379 e. The molecule has 2 aliphatic heterocycles. The number of hydrogen-bond donors (Lipinski definition) is 2. The summed E-state index contributed by atoms with van der Waals surface area (Å²) in [6.07, 6.45) is 2.26. The molecule has 0 bridgehead atoms. The first-order valence-electron chi connectivity index (χ1n) is 7.72. The molecule has 1 fully saturated rings. The van der Waals surface area contributed by atoms with E-state index in [9.17, 15) is 0 Å². The number of fused-ring (bicyclic) bond motifs is 1. The molecular weight excluding hydrogens is 304 g/mol. The van der Waals surface area contributed by atoms with Gasteiger partial charge in [-0.2, -0.15) is 0 Å². The molecule has 3 unspecified atom stereocenters. The van der Waals surface area contributed by atoms with Crippen molar-refractivity contribution in [1.82, 2.24) is 10.6 Å². The second-order valence-electron chi connectivity index (χ2n) is 5.90. The van der Waals surface area contributed by atoms with Gasteiger partial charge in [0.15, 0.2) is 0 Å². The summed E-state index contributed by atoms with van der Waals surface area (Å²) < 4.78 is 5.53. The lowest BCUT2D eigenvalue weighted by Crippen LogP contribution is -2.45. The quantitative estimate of drug-likeness (QED) is 0.890. The smallest absolute Gasteiger partial charge is 0.0620 e. The Labute approximate surface area is 136 Å². The number of nitrogens with one attached hydrogen (secondary N) is 2. The molecule has 1 saturated heterocycles. The van der Waals surface area contributed by atoms with Crippen molar-refractivity contribution in [2.45, 2.75) is 42.8 Å². The highest BCUT2D eigenvalue weighted by atomic mass is 35.5. The summed E-state index contributed by atoms with van der Waals surface area (Å²) in [6, 6.07) is 7.61. The van der Waals surface area contributed by atoms with E-state index in [4.69, 9.17) is 16.3 Å². The molecule has 21 heavy (non-hydrogen) atoms. The van der Waals surface area contributed by atoms with E-state index in [1.54, 1.807) is 0 Å². The summed E-state index contributed by atoms with van der Waals surface area (Å²) in [4.78, 5) is 1.37. The van der Waals surface area contributed by atoms with E-state index in [0.29, 0.717) is 18.1 Å². The Kier molecular flexibility index (Phi) is 5.46. The van der Waals surface area contributed by atoms with Crippen molar-refractivity contribution in [3.05, 3.63) is 28.8 Å². The predicted molar refractivity (Wildman–Crippen MR) is 89.4 cm³/mol. The van der Waals surface area contributed by atoms with Crippen LogP contribution in [0.2, 0.25) is 5.02 Å². The molecule has 0 saturated carbocycles. The van der Waals surface area contributed by atoms with Gasteiger partial charge in [0.2, 0.25) is 0 Å². The molecular formula is C16H23ClN2OS. The molecule has 0 radical (unpaired) electrons. The minimum atomic E-state index is 0.416. The Hall–Kier alpha value is -0.260. The van der Waals surface area contributed by atoms with E-state index in [1.807, 2.05) is 17.8 Å². The standard InChI is InChI=1S/C16H23ClN2OS/c1-11(8-13-10-20-6-5-18-13)19-15-4-7-21-16-3-2-12(17)9-14(15)16/h2-3,9,11,13,15,18-19H,4-8,10H2,1H3. The summed E-state index contributed by atoms with van der Waals surface area (Å²) in [6.45, 7) is 4.90. The molecule has 3 rings (SSSR count). The topological polar surface area (TPSA) is 33.3 Å². The lowest BCUT2D eigenvalue weighted by Gasteiger charge is -2.32. The van der Waals surface area contributed by atoms with Gasteiger partial charge in [-0.1, -0.05) is 11.6 Å². The first-order valence-corrected chi connectivity index (χ1v) is 9.08. The van der Waals surface area contributed by atoms with Gasteiger partial charge in [-0.3, -0.25) is 0 Å². The van der Waals surface area contributed by atoms with Crippen LogP contribution in [-0.2, 0) is 4.74 Å². The average molecular weight is 327 g/mol. The SMILES string of the molecule is CC(CC1COCCN1)NC1CCSc2ccc(Cl)cc21. The molecule has 0 aliphatic carbocycles. The van der Waals surface area contributed by atoms with Gasteiger partial charge in [-0.15, -0.1) is 11.8 Å². The number of thioether (sulfide) groups is 1. The van der Waals surface area contributed by atoms with Crippen molar-refractivity contribution in [2.75, 3.05) is 25.5 Å². The fraction of sp³-hybridized carbons (Fsp3) is 0.625. The second-order valence-corrected chi connectivity index (χ2v) is 7.47. The maximum Gasteiger partial charge on any atom is 0.0620 e. The van der Waals surface area contributed by atoms with Crippen LogP contribution in [0.1, 0.15) is 31.4 Å². The lowest BCUT2D eigenvalue weighted by atomic mass is 10.0. The van der Waals surface area contributed by atoms with Crippen LogP contribution in [0.3, 0.4) is 0 Å². The van der Waals surface area contributed by atoms with E-state index >= 15 is 0 Å². The fourth-order valence-corrected chi connectivity index (χ4v) is 4.43. The fourth-order valence-electron chi connectivity index (χ4n) is 3.15. The zero-order valence-electron chi connectivity index (χ0n) is 12.4. The first-order chi connectivity index (χ1) is 10.2. The van der Waals surface area contributed by atoms with E-state index in [0.717, 1.165) is 37.6 Å². The number of hydrogen-bond acceptors (Lipinski definition) is 4. The molecule has 0 spiro atoms. The van der Waals surface area contributed by atoms with Crippen LogP contribution in [0.25, 0.3) is 0 Å². The third-order valence-electron chi connectivity index (χ3n) is 4.13. The molecule has 0 amide bonds. The average Bonchev–Trinajstić information content (AvgIpc) is 2.49. The number of benzene rings is 1. The number of rotatable bonds is 4. The lowest BCUT2D eigenvalue weighted by molar-refractivity contribution is 0.0707. The number of halogens is 1. The van der Waals surface area contributed by atoms with Crippen LogP contribution in [0.4, 0.5) is 0 Å². The van der Waals surface area contributed by atoms with Crippen LogP contribution < -0.4 is 10.6 Å². The number of ether oxygens (including phenoxy) is 1.